The number of thiophene rings is 2. The zero-order valence-electron chi connectivity index (χ0n) is 49.0. The van der Waals surface area contributed by atoms with Gasteiger partial charge in [-0.1, -0.05) is 113 Å². The van der Waals surface area contributed by atoms with Crippen molar-refractivity contribution in [2.24, 2.45) is 11.8 Å². The van der Waals surface area contributed by atoms with Crippen LogP contribution in [-0.2, 0) is 28.7 Å². The van der Waals surface area contributed by atoms with E-state index in [1.54, 1.807) is 24.3 Å². The molecule has 2 saturated carbocycles. The molecule has 2 aliphatic carbocycles. The fourth-order valence-electron chi connectivity index (χ4n) is 11.6. The second kappa shape index (κ2) is 31.9. The fraction of sp³-hybridized carbons (Fsp3) is 0.389. The van der Waals surface area contributed by atoms with Gasteiger partial charge in [0.1, 0.15) is 11.5 Å². The molecular weight excluding hydrogens is 1120 g/mol. The molecule has 14 heteroatoms. The van der Waals surface area contributed by atoms with Crippen molar-refractivity contribution in [2.75, 3.05) is 26.4 Å². The van der Waals surface area contributed by atoms with Crippen LogP contribution in [0.25, 0.3) is 41.1 Å². The molecule has 0 spiro atoms. The van der Waals surface area contributed by atoms with Gasteiger partial charge < -0.3 is 28.4 Å². The highest BCUT2D eigenvalue weighted by Gasteiger charge is 2.34. The van der Waals surface area contributed by atoms with Crippen molar-refractivity contribution < 1.29 is 47.6 Å². The second-order valence-corrected chi connectivity index (χ2v) is 24.6. The number of unbranched alkanes of at least 4 members (excludes halogenated alkanes) is 10. The first kappa shape index (κ1) is 62.5. The number of carbonyl (C=O) groups is 4. The Balaban J connectivity index is 0.850. The van der Waals surface area contributed by atoms with Crippen LogP contribution in [0.1, 0.15) is 163 Å². The summed E-state index contributed by atoms with van der Waals surface area (Å²) in [7, 11) is 0. The standard InChI is InChI=1S/C72H76N2O10S2/c1-3-65(75)81-43-15-11-7-5-9-13-41-79-59-37-33-53(34-38-59)51-25-29-57(30-26-51)71(77)83-67-61-45-63(55-21-17-49(47-73)18-22-55)86-70(61)68(62-46-64(85-69(62)67)56-23-19-50(48-74)20-24-56)84-72(78)58-31-27-52(28-32-58)54-35-39-60(40-36-54)80-42-14-10-6-8-12-16-44-82-66(76)4-2/h3-4,17-24,33-40,45-46,51-52,57-58H,1-2,5-16,25-32,41-44H2. The van der Waals surface area contributed by atoms with Gasteiger partial charge >= 0.3 is 23.9 Å². The van der Waals surface area contributed by atoms with Crippen LogP contribution >= 0.6 is 22.7 Å². The molecule has 0 atom stereocenters. The van der Waals surface area contributed by atoms with Crippen LogP contribution < -0.4 is 18.9 Å². The molecule has 0 saturated heterocycles. The lowest BCUT2D eigenvalue weighted by atomic mass is 9.79. The number of carbonyl (C=O) groups excluding carboxylic acids is 4. The molecule has 2 heterocycles. The maximum Gasteiger partial charge on any atom is 0.330 e. The Hall–Kier alpha value is -8.04. The third kappa shape index (κ3) is 17.1. The number of benzene rings is 5. The monoisotopic (exact) mass is 1190 g/mol. The normalized spacial score (nSPS) is 16.5. The van der Waals surface area contributed by atoms with Crippen molar-refractivity contribution >= 4 is 66.7 Å². The summed E-state index contributed by atoms with van der Waals surface area (Å²) >= 11 is 2.94. The molecule has 0 amide bonds. The van der Waals surface area contributed by atoms with Crippen LogP contribution in [0, 0.1) is 34.5 Å². The van der Waals surface area contributed by atoms with Crippen LogP contribution in [-0.4, -0.2) is 50.3 Å². The average molecular weight is 1190 g/mol. The molecule has 12 nitrogen and oxygen atoms in total. The van der Waals surface area contributed by atoms with Crippen LogP contribution in [0.15, 0.2) is 135 Å². The quantitative estimate of drug-likeness (QED) is 0.0181. The summed E-state index contributed by atoms with van der Waals surface area (Å²) < 4.78 is 37.0. The van der Waals surface area contributed by atoms with E-state index in [0.717, 1.165) is 135 Å². The molecule has 9 rings (SSSR count). The third-order valence-electron chi connectivity index (χ3n) is 16.6. The molecule has 2 fully saturated rings. The number of ether oxygens (including phenoxy) is 6. The van der Waals surface area contributed by atoms with Gasteiger partial charge in [0.05, 0.1) is 70.9 Å². The van der Waals surface area contributed by atoms with E-state index in [1.807, 2.05) is 60.7 Å². The number of nitrogens with zero attached hydrogens (tertiary/aromatic N) is 2. The molecule has 0 N–H and O–H groups in total. The van der Waals surface area contributed by atoms with Gasteiger partial charge in [0, 0.05) is 32.7 Å². The maximum absolute atomic E-state index is 14.6. The smallest absolute Gasteiger partial charge is 0.330 e. The fourth-order valence-corrected chi connectivity index (χ4v) is 14.0. The van der Waals surface area contributed by atoms with Gasteiger partial charge in [0.25, 0.3) is 0 Å². The summed E-state index contributed by atoms with van der Waals surface area (Å²) in [6.45, 7) is 9.03. The highest BCUT2D eigenvalue weighted by atomic mass is 32.1. The van der Waals surface area contributed by atoms with Crippen molar-refractivity contribution in [1.82, 2.24) is 0 Å². The van der Waals surface area contributed by atoms with Crippen LogP contribution in [0.4, 0.5) is 0 Å². The molecule has 2 aromatic heterocycles. The first-order valence-corrected chi connectivity index (χ1v) is 32.3. The van der Waals surface area contributed by atoms with Gasteiger partial charge in [-0.15, -0.1) is 22.7 Å². The zero-order valence-corrected chi connectivity index (χ0v) is 50.7. The number of hydrogen-bond donors (Lipinski definition) is 0. The van der Waals surface area contributed by atoms with E-state index in [0.29, 0.717) is 107 Å². The highest BCUT2D eigenvalue weighted by Crippen LogP contribution is 2.53. The van der Waals surface area contributed by atoms with Crippen molar-refractivity contribution in [3.8, 4) is 56.0 Å². The van der Waals surface area contributed by atoms with E-state index in [-0.39, 0.29) is 35.7 Å². The van der Waals surface area contributed by atoms with E-state index in [1.165, 1.54) is 46.0 Å². The number of fused-ring (bicyclic) bond motifs is 2. The molecule has 0 bridgehead atoms. The Bertz CT molecular complexity index is 3210. The number of rotatable bonds is 30. The van der Waals surface area contributed by atoms with Crippen molar-refractivity contribution in [1.29, 1.82) is 10.5 Å². The van der Waals surface area contributed by atoms with Gasteiger partial charge in [-0.05, 0) is 172 Å². The minimum absolute atomic E-state index is 0.284. The van der Waals surface area contributed by atoms with Crippen LogP contribution in [0.5, 0.6) is 23.0 Å². The molecule has 0 unspecified atom stereocenters. The van der Waals surface area contributed by atoms with Crippen LogP contribution in [0.2, 0.25) is 0 Å². The largest absolute Gasteiger partial charge is 0.494 e. The summed E-state index contributed by atoms with van der Waals surface area (Å²) in [5.41, 5.74) is 5.31. The minimum atomic E-state index is -0.371. The molecule has 2 aliphatic rings. The van der Waals surface area contributed by atoms with E-state index >= 15 is 0 Å². The molecule has 7 aromatic rings. The minimum Gasteiger partial charge on any atom is -0.494 e. The van der Waals surface area contributed by atoms with Crippen LogP contribution in [0.3, 0.4) is 0 Å². The summed E-state index contributed by atoms with van der Waals surface area (Å²) in [6.07, 6.45) is 20.7. The predicted molar refractivity (Wildman–Crippen MR) is 340 cm³/mol. The van der Waals surface area contributed by atoms with E-state index < -0.39 is 0 Å². The third-order valence-corrected chi connectivity index (χ3v) is 19.0. The Morgan fingerprint density at radius 1 is 0.453 bits per heavy atom. The maximum atomic E-state index is 14.6. The second-order valence-electron chi connectivity index (χ2n) is 22.5. The summed E-state index contributed by atoms with van der Waals surface area (Å²) in [4.78, 5) is 53.4. The lowest BCUT2D eigenvalue weighted by Gasteiger charge is -2.28. The molecule has 0 aliphatic heterocycles. The number of hydrogen-bond acceptors (Lipinski definition) is 14. The van der Waals surface area contributed by atoms with E-state index in [4.69, 9.17) is 28.4 Å². The highest BCUT2D eigenvalue weighted by molar-refractivity contribution is 7.24. The first-order valence-electron chi connectivity index (χ1n) is 30.6. The van der Waals surface area contributed by atoms with Gasteiger partial charge in [0.2, 0.25) is 0 Å². The topological polar surface area (TPSA) is 171 Å². The molecule has 5 aromatic carbocycles. The summed E-state index contributed by atoms with van der Waals surface area (Å²) in [5.74, 6) is 1.26. The lowest BCUT2D eigenvalue weighted by molar-refractivity contribution is -0.140. The zero-order chi connectivity index (χ0) is 60.0. The van der Waals surface area contributed by atoms with Gasteiger partial charge in [-0.2, -0.15) is 10.5 Å². The lowest BCUT2D eigenvalue weighted by Crippen LogP contribution is -2.25. The van der Waals surface area contributed by atoms with Gasteiger partial charge in [-0.3, -0.25) is 9.59 Å². The van der Waals surface area contributed by atoms with Crippen molar-refractivity contribution in [3.05, 3.63) is 157 Å². The van der Waals surface area contributed by atoms with E-state index in [9.17, 15) is 29.7 Å². The number of nitriles is 2. The Kier molecular flexibility index (Phi) is 23.2. The summed E-state index contributed by atoms with van der Waals surface area (Å²) in [6, 6.07) is 40.0. The predicted octanol–water partition coefficient (Wildman–Crippen LogP) is 17.8. The SMILES string of the molecule is C=CC(=O)OCCCCCCCCOc1ccc(C2CCC(C(=O)Oc3c4cc(-c5ccc(C#N)cc5)sc4c(OC(=O)C4CCC(c5ccc(OCCCCCCCCOC(=O)C=C)cc5)CC4)c4cc(-c5ccc(C#N)cc5)sc34)CC2)cc1. The van der Waals surface area contributed by atoms with Crippen molar-refractivity contribution in [3.63, 3.8) is 0 Å². The van der Waals surface area contributed by atoms with Gasteiger partial charge in [-0.25, -0.2) is 9.59 Å². The average Bonchev–Trinajstić information content (AvgIpc) is 1.72. The number of esters is 4. The summed E-state index contributed by atoms with van der Waals surface area (Å²) in [5, 5.41) is 20.6. The Labute approximate surface area is 513 Å². The first-order chi connectivity index (χ1) is 42.1. The molecule has 86 heavy (non-hydrogen) atoms. The molecule has 0 radical (unpaired) electrons. The molecular formula is C72H76N2O10S2. The van der Waals surface area contributed by atoms with Crippen molar-refractivity contribution in [2.45, 2.75) is 140 Å². The molecule has 446 valence electrons. The Morgan fingerprint density at radius 2 is 0.791 bits per heavy atom. The van der Waals surface area contributed by atoms with E-state index in [2.05, 4.69) is 49.6 Å². The Morgan fingerprint density at radius 3 is 1.13 bits per heavy atom. The van der Waals surface area contributed by atoms with Gasteiger partial charge in [0.15, 0.2) is 11.5 Å².